The Kier molecular flexibility index (Phi) is 2.30. The van der Waals surface area contributed by atoms with E-state index in [1.54, 1.807) is 6.07 Å². The summed E-state index contributed by atoms with van der Waals surface area (Å²) in [5, 5.41) is 9.09. The molecule has 16 heavy (non-hydrogen) atoms. The fourth-order valence-electron chi connectivity index (χ4n) is 2.63. The third kappa shape index (κ3) is 1.51. The first kappa shape index (κ1) is 11.1. The highest BCUT2D eigenvalue weighted by Crippen LogP contribution is 2.64. The van der Waals surface area contributed by atoms with E-state index in [1.165, 1.54) is 12.1 Å². The quantitative estimate of drug-likeness (QED) is 0.835. The minimum Gasteiger partial charge on any atom is -0.481 e. The Labute approximate surface area is 94.1 Å². The van der Waals surface area contributed by atoms with Crippen LogP contribution in [0, 0.1) is 24.1 Å². The van der Waals surface area contributed by atoms with Crippen molar-refractivity contribution in [2.75, 3.05) is 0 Å². The van der Waals surface area contributed by atoms with Crippen molar-refractivity contribution in [3.05, 3.63) is 35.1 Å². The van der Waals surface area contributed by atoms with Crippen molar-refractivity contribution in [1.82, 2.24) is 0 Å². The predicted molar refractivity (Wildman–Crippen MR) is 58.8 cm³/mol. The van der Waals surface area contributed by atoms with Crippen molar-refractivity contribution >= 4 is 5.97 Å². The van der Waals surface area contributed by atoms with Gasteiger partial charge in [0.2, 0.25) is 0 Å². The van der Waals surface area contributed by atoms with Gasteiger partial charge in [-0.1, -0.05) is 19.9 Å². The number of hydrogen-bond acceptors (Lipinski definition) is 1. The number of benzene rings is 1. The van der Waals surface area contributed by atoms with Gasteiger partial charge in [-0.25, -0.2) is 4.39 Å². The summed E-state index contributed by atoms with van der Waals surface area (Å²) in [7, 11) is 0. The molecule has 86 valence electrons. The Balaban J connectivity index is 2.40. The fourth-order valence-corrected chi connectivity index (χ4v) is 2.63. The molecular weight excluding hydrogens is 207 g/mol. The smallest absolute Gasteiger partial charge is 0.307 e. The SMILES string of the molecule is Cc1ccc(F)cc1[C@@H]1[C@@H](C(=O)O)C1(C)C. The average Bonchev–Trinajstić information content (AvgIpc) is 2.73. The largest absolute Gasteiger partial charge is 0.481 e. The molecule has 0 bridgehead atoms. The molecule has 3 heteroatoms. The van der Waals surface area contributed by atoms with Crippen molar-refractivity contribution < 1.29 is 14.3 Å². The van der Waals surface area contributed by atoms with Gasteiger partial charge >= 0.3 is 5.97 Å². The summed E-state index contributed by atoms with van der Waals surface area (Å²) >= 11 is 0. The number of carboxylic acids is 1. The molecule has 1 aliphatic carbocycles. The van der Waals surface area contributed by atoms with Crippen LogP contribution in [-0.4, -0.2) is 11.1 Å². The molecule has 2 rings (SSSR count). The monoisotopic (exact) mass is 222 g/mol. The van der Waals surface area contributed by atoms with Crippen LogP contribution >= 0.6 is 0 Å². The summed E-state index contributed by atoms with van der Waals surface area (Å²) in [6, 6.07) is 4.58. The van der Waals surface area contributed by atoms with Gasteiger partial charge in [0.05, 0.1) is 5.92 Å². The zero-order valence-corrected chi connectivity index (χ0v) is 9.62. The van der Waals surface area contributed by atoms with E-state index in [2.05, 4.69) is 0 Å². The highest BCUT2D eigenvalue weighted by molar-refractivity contribution is 5.77. The van der Waals surface area contributed by atoms with Crippen LogP contribution in [-0.2, 0) is 4.79 Å². The van der Waals surface area contributed by atoms with Crippen LogP contribution in [0.1, 0.15) is 30.9 Å². The average molecular weight is 222 g/mol. The lowest BCUT2D eigenvalue weighted by Crippen LogP contribution is -2.03. The Hall–Kier alpha value is -1.38. The summed E-state index contributed by atoms with van der Waals surface area (Å²) in [4.78, 5) is 11.1. The minimum absolute atomic E-state index is 0.0688. The van der Waals surface area contributed by atoms with Gasteiger partial charge in [0, 0.05) is 5.92 Å². The maximum absolute atomic E-state index is 13.2. The number of aliphatic carboxylic acids is 1. The summed E-state index contributed by atoms with van der Waals surface area (Å²) in [5.74, 6) is -1.56. The van der Waals surface area contributed by atoms with Crippen LogP contribution in [0.15, 0.2) is 18.2 Å². The van der Waals surface area contributed by atoms with E-state index in [0.29, 0.717) is 0 Å². The Bertz CT molecular complexity index is 451. The summed E-state index contributed by atoms with van der Waals surface area (Å²) in [6.07, 6.45) is 0. The molecule has 1 aromatic carbocycles. The third-order valence-corrected chi connectivity index (χ3v) is 3.67. The van der Waals surface area contributed by atoms with Crippen LogP contribution in [0.4, 0.5) is 4.39 Å². The molecule has 0 amide bonds. The van der Waals surface area contributed by atoms with Gasteiger partial charge in [-0.15, -0.1) is 0 Å². The maximum atomic E-state index is 13.2. The third-order valence-electron chi connectivity index (χ3n) is 3.67. The van der Waals surface area contributed by atoms with Gasteiger partial charge in [-0.2, -0.15) is 0 Å². The van der Waals surface area contributed by atoms with Gasteiger partial charge in [0.1, 0.15) is 5.82 Å². The molecule has 0 saturated heterocycles. The standard InChI is InChI=1S/C13H15FO2/c1-7-4-5-8(14)6-9(7)10-11(12(15)16)13(10,2)3/h4-6,10-11H,1-3H3,(H,15,16)/t10-,11+/m1/s1. The van der Waals surface area contributed by atoms with Crippen LogP contribution in [0.5, 0.6) is 0 Å². The molecule has 1 aliphatic rings. The molecule has 0 heterocycles. The topological polar surface area (TPSA) is 37.3 Å². The molecule has 0 radical (unpaired) electrons. The van der Waals surface area contributed by atoms with E-state index in [1.807, 2.05) is 20.8 Å². The first-order chi connectivity index (χ1) is 7.35. The molecule has 0 spiro atoms. The first-order valence-electron chi connectivity index (χ1n) is 5.34. The number of aryl methyl sites for hydroxylation is 1. The molecule has 1 fully saturated rings. The van der Waals surface area contributed by atoms with Crippen molar-refractivity contribution in [2.45, 2.75) is 26.7 Å². The predicted octanol–water partition coefficient (Wildman–Crippen LogP) is 2.96. The molecule has 1 aromatic rings. The van der Waals surface area contributed by atoms with Gasteiger partial charge in [0.15, 0.2) is 0 Å². The summed E-state index contributed by atoms with van der Waals surface area (Å²) in [5.41, 5.74) is 1.52. The van der Waals surface area contributed by atoms with Gasteiger partial charge in [-0.05, 0) is 35.6 Å². The second-order valence-corrected chi connectivity index (χ2v) is 5.12. The second kappa shape index (κ2) is 3.30. The molecule has 1 N–H and O–H groups in total. The normalized spacial score (nSPS) is 26.5. The number of hydrogen-bond donors (Lipinski definition) is 1. The molecule has 0 unspecified atom stereocenters. The highest BCUT2D eigenvalue weighted by Gasteiger charge is 2.63. The molecule has 1 saturated carbocycles. The fraction of sp³-hybridized carbons (Fsp3) is 0.462. The van der Waals surface area contributed by atoms with E-state index in [9.17, 15) is 9.18 Å². The van der Waals surface area contributed by atoms with Gasteiger partial charge in [0.25, 0.3) is 0 Å². The van der Waals surface area contributed by atoms with E-state index in [-0.39, 0.29) is 17.2 Å². The van der Waals surface area contributed by atoms with Gasteiger partial charge in [-0.3, -0.25) is 4.79 Å². The van der Waals surface area contributed by atoms with Crippen LogP contribution < -0.4 is 0 Å². The molecule has 0 aromatic heterocycles. The zero-order valence-electron chi connectivity index (χ0n) is 9.62. The van der Waals surface area contributed by atoms with Crippen LogP contribution in [0.2, 0.25) is 0 Å². The van der Waals surface area contributed by atoms with Crippen LogP contribution in [0.3, 0.4) is 0 Å². The summed E-state index contributed by atoms with van der Waals surface area (Å²) in [6.45, 7) is 5.73. The van der Waals surface area contributed by atoms with Crippen molar-refractivity contribution in [3.8, 4) is 0 Å². The van der Waals surface area contributed by atoms with Gasteiger partial charge < -0.3 is 5.11 Å². The Morgan fingerprint density at radius 3 is 2.56 bits per heavy atom. The minimum atomic E-state index is -0.793. The lowest BCUT2D eigenvalue weighted by molar-refractivity contribution is -0.139. The molecular formula is C13H15FO2. The van der Waals surface area contributed by atoms with Crippen LogP contribution in [0.25, 0.3) is 0 Å². The van der Waals surface area contributed by atoms with E-state index in [4.69, 9.17) is 5.11 Å². The molecule has 0 aliphatic heterocycles. The Morgan fingerprint density at radius 2 is 2.06 bits per heavy atom. The second-order valence-electron chi connectivity index (χ2n) is 5.12. The van der Waals surface area contributed by atoms with E-state index < -0.39 is 11.9 Å². The zero-order chi connectivity index (χ0) is 12.1. The molecule has 2 nitrogen and oxygen atoms in total. The van der Waals surface area contributed by atoms with E-state index >= 15 is 0 Å². The molecule has 2 atom stereocenters. The Morgan fingerprint density at radius 1 is 1.44 bits per heavy atom. The van der Waals surface area contributed by atoms with Crippen molar-refractivity contribution in [2.24, 2.45) is 11.3 Å². The van der Waals surface area contributed by atoms with E-state index in [0.717, 1.165) is 11.1 Å². The summed E-state index contributed by atoms with van der Waals surface area (Å²) < 4.78 is 13.2. The number of carboxylic acid groups (broad SMARTS) is 1. The van der Waals surface area contributed by atoms with Crippen molar-refractivity contribution in [3.63, 3.8) is 0 Å². The first-order valence-corrected chi connectivity index (χ1v) is 5.34. The number of halogens is 1. The lowest BCUT2D eigenvalue weighted by Gasteiger charge is -2.06. The lowest BCUT2D eigenvalue weighted by atomic mass is 9.99. The highest BCUT2D eigenvalue weighted by atomic mass is 19.1. The maximum Gasteiger partial charge on any atom is 0.307 e. The number of rotatable bonds is 2. The number of carbonyl (C=O) groups is 1. The van der Waals surface area contributed by atoms with Crippen molar-refractivity contribution in [1.29, 1.82) is 0 Å².